The van der Waals surface area contributed by atoms with Gasteiger partial charge >= 0.3 is 0 Å². The van der Waals surface area contributed by atoms with Gasteiger partial charge in [0.05, 0.1) is 11.3 Å². The first-order valence-electron chi connectivity index (χ1n) is 6.87. The molecule has 0 saturated heterocycles. The van der Waals surface area contributed by atoms with Crippen molar-refractivity contribution in [3.05, 3.63) is 65.2 Å². The van der Waals surface area contributed by atoms with Gasteiger partial charge in [-0.15, -0.1) is 0 Å². The van der Waals surface area contributed by atoms with Crippen LogP contribution < -0.4 is 10.6 Å². The van der Waals surface area contributed by atoms with Crippen molar-refractivity contribution in [2.45, 2.75) is 13.8 Å². The summed E-state index contributed by atoms with van der Waals surface area (Å²) < 4.78 is 0. The van der Waals surface area contributed by atoms with Gasteiger partial charge in [0.1, 0.15) is 0 Å². The quantitative estimate of drug-likeness (QED) is 0.905. The van der Waals surface area contributed by atoms with Crippen molar-refractivity contribution in [3.8, 4) is 0 Å². The van der Waals surface area contributed by atoms with E-state index in [4.69, 9.17) is 0 Å². The van der Waals surface area contributed by atoms with Gasteiger partial charge in [0.25, 0.3) is 11.8 Å². The second-order valence-electron chi connectivity index (χ2n) is 4.67. The van der Waals surface area contributed by atoms with Gasteiger partial charge in [-0.25, -0.2) is 0 Å². The van der Waals surface area contributed by atoms with E-state index in [-0.39, 0.29) is 11.8 Å². The number of carbonyl (C=O) groups is 2. The number of nitrogens with one attached hydrogen (secondary N) is 2. The van der Waals surface area contributed by atoms with Crippen LogP contribution >= 0.6 is 0 Å². The van der Waals surface area contributed by atoms with Gasteiger partial charge in [-0.3, -0.25) is 9.59 Å². The highest BCUT2D eigenvalue weighted by Crippen LogP contribution is 2.17. The molecule has 0 aromatic heterocycles. The summed E-state index contributed by atoms with van der Waals surface area (Å²) in [4.78, 5) is 24.3. The Balaban J connectivity index is 2.26. The average molecular weight is 282 g/mol. The van der Waals surface area contributed by atoms with Crippen LogP contribution in [0.15, 0.2) is 48.5 Å². The van der Waals surface area contributed by atoms with Crippen LogP contribution in [0.1, 0.15) is 33.2 Å². The summed E-state index contributed by atoms with van der Waals surface area (Å²) >= 11 is 0. The summed E-state index contributed by atoms with van der Waals surface area (Å²) in [5, 5.41) is 5.54. The normalized spacial score (nSPS) is 10.0. The minimum absolute atomic E-state index is 0.196. The maximum atomic E-state index is 12.3. The third-order valence-electron chi connectivity index (χ3n) is 3.15. The van der Waals surface area contributed by atoms with E-state index >= 15 is 0 Å². The fraction of sp³-hybridized carbons (Fsp3) is 0.176. The van der Waals surface area contributed by atoms with Crippen LogP contribution in [0.5, 0.6) is 0 Å². The highest BCUT2D eigenvalue weighted by Gasteiger charge is 2.14. The van der Waals surface area contributed by atoms with Crippen molar-refractivity contribution in [1.29, 1.82) is 0 Å². The number of carbonyl (C=O) groups excluding carboxylic acids is 2. The molecule has 0 fully saturated rings. The van der Waals surface area contributed by atoms with E-state index in [1.807, 2.05) is 32.0 Å². The highest BCUT2D eigenvalue weighted by molar-refractivity contribution is 6.09. The first kappa shape index (κ1) is 14.8. The smallest absolute Gasteiger partial charge is 0.255 e. The molecule has 0 aliphatic heterocycles. The van der Waals surface area contributed by atoms with Gasteiger partial charge in [-0.05, 0) is 37.6 Å². The monoisotopic (exact) mass is 282 g/mol. The molecule has 0 atom stereocenters. The third kappa shape index (κ3) is 3.48. The largest absolute Gasteiger partial charge is 0.352 e. The van der Waals surface area contributed by atoms with Gasteiger partial charge < -0.3 is 10.6 Å². The molecule has 0 unspecified atom stereocenters. The number of hydrogen-bond donors (Lipinski definition) is 2. The lowest BCUT2D eigenvalue weighted by Gasteiger charge is -2.11. The fourth-order valence-electron chi connectivity index (χ4n) is 2.06. The summed E-state index contributed by atoms with van der Waals surface area (Å²) in [5.74, 6) is -0.414. The Labute approximate surface area is 124 Å². The Morgan fingerprint density at radius 3 is 2.19 bits per heavy atom. The Kier molecular flexibility index (Phi) is 4.72. The second-order valence-corrected chi connectivity index (χ2v) is 4.67. The zero-order valence-electron chi connectivity index (χ0n) is 12.1. The Bertz CT molecular complexity index is 665. The van der Waals surface area contributed by atoms with Crippen molar-refractivity contribution in [2.75, 3.05) is 11.9 Å². The number of rotatable bonds is 4. The number of amides is 2. The average Bonchev–Trinajstić information content (AvgIpc) is 2.48. The Morgan fingerprint density at radius 2 is 1.52 bits per heavy atom. The summed E-state index contributed by atoms with van der Waals surface area (Å²) in [6.45, 7) is 4.27. The molecule has 0 aliphatic rings. The van der Waals surface area contributed by atoms with E-state index in [1.165, 1.54) is 0 Å². The molecule has 0 bridgehead atoms. The molecule has 0 heterocycles. The zero-order valence-corrected chi connectivity index (χ0v) is 12.1. The topological polar surface area (TPSA) is 58.2 Å². The van der Waals surface area contributed by atoms with Gasteiger partial charge in [-0.1, -0.05) is 30.3 Å². The van der Waals surface area contributed by atoms with Crippen molar-refractivity contribution in [2.24, 2.45) is 0 Å². The predicted molar refractivity (Wildman–Crippen MR) is 83.6 cm³/mol. The van der Waals surface area contributed by atoms with Crippen LogP contribution in [0.3, 0.4) is 0 Å². The molecule has 2 amide bonds. The number of hydrogen-bond acceptors (Lipinski definition) is 2. The van der Waals surface area contributed by atoms with E-state index in [2.05, 4.69) is 10.6 Å². The van der Waals surface area contributed by atoms with Crippen LogP contribution in [0.25, 0.3) is 0 Å². The maximum Gasteiger partial charge on any atom is 0.255 e. The van der Waals surface area contributed by atoms with Gasteiger partial charge in [0, 0.05) is 12.1 Å². The molecular formula is C17H18N2O2. The van der Waals surface area contributed by atoms with E-state index in [0.29, 0.717) is 23.4 Å². The fourth-order valence-corrected chi connectivity index (χ4v) is 2.06. The summed E-state index contributed by atoms with van der Waals surface area (Å²) in [7, 11) is 0. The van der Waals surface area contributed by atoms with E-state index in [0.717, 1.165) is 5.56 Å². The summed E-state index contributed by atoms with van der Waals surface area (Å²) in [6.07, 6.45) is 0. The lowest BCUT2D eigenvalue weighted by Crippen LogP contribution is -2.24. The zero-order chi connectivity index (χ0) is 15.2. The van der Waals surface area contributed by atoms with Crippen LogP contribution in [-0.4, -0.2) is 18.4 Å². The van der Waals surface area contributed by atoms with Crippen molar-refractivity contribution < 1.29 is 9.59 Å². The number of benzene rings is 2. The predicted octanol–water partition coefficient (Wildman–Crippen LogP) is 3.00. The molecule has 2 aromatic carbocycles. The third-order valence-corrected chi connectivity index (χ3v) is 3.15. The molecular weight excluding hydrogens is 264 g/mol. The molecule has 4 nitrogen and oxygen atoms in total. The lowest BCUT2D eigenvalue weighted by molar-refractivity contribution is 0.0956. The summed E-state index contributed by atoms with van der Waals surface area (Å²) in [5.41, 5.74) is 2.46. The number of anilines is 1. The molecule has 0 radical (unpaired) electrons. The van der Waals surface area contributed by atoms with Gasteiger partial charge in [-0.2, -0.15) is 0 Å². The maximum absolute atomic E-state index is 12.3. The number of para-hydroxylation sites is 1. The standard InChI is InChI=1S/C17H18N2O2/c1-3-18-16(20)14-10-6-7-11-15(14)19-17(21)13-9-5-4-8-12(13)2/h4-11H,3H2,1-2H3,(H,18,20)(H,19,21). The van der Waals surface area contributed by atoms with E-state index in [1.54, 1.807) is 30.3 Å². The molecule has 2 rings (SSSR count). The molecule has 0 aliphatic carbocycles. The molecule has 0 spiro atoms. The molecule has 0 saturated carbocycles. The lowest BCUT2D eigenvalue weighted by atomic mass is 10.1. The highest BCUT2D eigenvalue weighted by atomic mass is 16.2. The first-order valence-corrected chi connectivity index (χ1v) is 6.87. The van der Waals surface area contributed by atoms with Crippen molar-refractivity contribution in [3.63, 3.8) is 0 Å². The van der Waals surface area contributed by atoms with Crippen LogP contribution in [0.2, 0.25) is 0 Å². The van der Waals surface area contributed by atoms with E-state index in [9.17, 15) is 9.59 Å². The van der Waals surface area contributed by atoms with Crippen molar-refractivity contribution in [1.82, 2.24) is 5.32 Å². The molecule has 2 N–H and O–H groups in total. The first-order chi connectivity index (χ1) is 10.1. The summed E-state index contributed by atoms with van der Waals surface area (Å²) in [6, 6.07) is 14.3. The van der Waals surface area contributed by atoms with Gasteiger partial charge in [0.15, 0.2) is 0 Å². The van der Waals surface area contributed by atoms with Crippen molar-refractivity contribution >= 4 is 17.5 Å². The Morgan fingerprint density at radius 1 is 0.905 bits per heavy atom. The Hall–Kier alpha value is -2.62. The van der Waals surface area contributed by atoms with Crippen LogP contribution in [0.4, 0.5) is 5.69 Å². The van der Waals surface area contributed by atoms with Gasteiger partial charge in [0.2, 0.25) is 0 Å². The molecule has 2 aromatic rings. The number of aryl methyl sites for hydroxylation is 1. The minimum atomic E-state index is -0.218. The van der Waals surface area contributed by atoms with Crippen LogP contribution in [-0.2, 0) is 0 Å². The van der Waals surface area contributed by atoms with E-state index < -0.39 is 0 Å². The minimum Gasteiger partial charge on any atom is -0.352 e. The molecule has 21 heavy (non-hydrogen) atoms. The molecule has 108 valence electrons. The molecule has 4 heteroatoms. The SMILES string of the molecule is CCNC(=O)c1ccccc1NC(=O)c1ccccc1C. The van der Waals surface area contributed by atoms with Crippen LogP contribution in [0, 0.1) is 6.92 Å². The second kappa shape index (κ2) is 6.70.